The van der Waals surface area contributed by atoms with Gasteiger partial charge < -0.3 is 11.1 Å². The molecule has 1 aromatic heterocycles. The Hall–Kier alpha value is -1.42. The zero-order valence-corrected chi connectivity index (χ0v) is 10.8. The van der Waals surface area contributed by atoms with Crippen molar-refractivity contribution in [3.63, 3.8) is 0 Å². The molecule has 3 atom stereocenters. The minimum Gasteiger partial charge on any atom is -0.330 e. The lowest BCUT2D eigenvalue weighted by Crippen LogP contribution is -2.34. The maximum atomic E-state index is 12.1. The average molecular weight is 247 g/mol. The summed E-state index contributed by atoms with van der Waals surface area (Å²) in [5.74, 6) is 1.37. The van der Waals surface area contributed by atoms with E-state index in [4.69, 9.17) is 5.73 Å². The number of nitrogens with zero attached hydrogens (tertiary/aromatic N) is 1. The first-order chi connectivity index (χ1) is 8.70. The number of pyridine rings is 1. The van der Waals surface area contributed by atoms with Crippen LogP contribution in [0.5, 0.6) is 0 Å². The highest BCUT2D eigenvalue weighted by Crippen LogP contribution is 2.33. The smallest absolute Gasteiger partial charge is 0.227 e. The largest absolute Gasteiger partial charge is 0.330 e. The van der Waals surface area contributed by atoms with Gasteiger partial charge in [0.15, 0.2) is 0 Å². The first kappa shape index (κ1) is 13.0. The number of hydrogen-bond acceptors (Lipinski definition) is 3. The lowest BCUT2D eigenvalue weighted by molar-refractivity contribution is -0.121. The molecule has 98 valence electrons. The maximum absolute atomic E-state index is 12.1. The van der Waals surface area contributed by atoms with Crippen LogP contribution in [-0.2, 0) is 4.79 Å². The fourth-order valence-corrected chi connectivity index (χ4v) is 2.73. The summed E-state index contributed by atoms with van der Waals surface area (Å²) < 4.78 is 0. The second-order valence-corrected chi connectivity index (χ2v) is 5.21. The summed E-state index contributed by atoms with van der Waals surface area (Å²) in [6.45, 7) is 2.93. The van der Waals surface area contributed by atoms with Crippen molar-refractivity contribution in [3.8, 4) is 0 Å². The van der Waals surface area contributed by atoms with Gasteiger partial charge in [0, 0.05) is 24.0 Å². The van der Waals surface area contributed by atoms with Crippen molar-refractivity contribution >= 4 is 11.6 Å². The molecule has 2 rings (SSSR count). The molecule has 1 aromatic rings. The van der Waals surface area contributed by atoms with Gasteiger partial charge in [0.25, 0.3) is 0 Å². The lowest BCUT2D eigenvalue weighted by atomic mass is 9.74. The summed E-state index contributed by atoms with van der Waals surface area (Å²) >= 11 is 0. The molecular weight excluding hydrogens is 226 g/mol. The minimum absolute atomic E-state index is 0.121. The predicted octanol–water partition coefficient (Wildman–Crippen LogP) is 2.03. The van der Waals surface area contributed by atoms with Crippen molar-refractivity contribution in [2.24, 2.45) is 23.5 Å². The number of aromatic nitrogens is 1. The summed E-state index contributed by atoms with van der Waals surface area (Å²) in [5.41, 5.74) is 6.55. The van der Waals surface area contributed by atoms with Crippen molar-refractivity contribution < 1.29 is 4.79 Å². The van der Waals surface area contributed by atoms with Crippen LogP contribution in [0.25, 0.3) is 0 Å². The third-order valence-electron chi connectivity index (χ3n) is 3.97. The summed E-state index contributed by atoms with van der Waals surface area (Å²) in [6, 6.07) is 3.62. The quantitative estimate of drug-likeness (QED) is 0.858. The third-order valence-corrected chi connectivity index (χ3v) is 3.97. The van der Waals surface area contributed by atoms with E-state index in [1.54, 1.807) is 12.4 Å². The second kappa shape index (κ2) is 5.96. The third kappa shape index (κ3) is 3.07. The number of carbonyl (C=O) groups is 1. The number of nitrogens with one attached hydrogen (secondary N) is 1. The molecule has 0 spiro atoms. The lowest BCUT2D eigenvalue weighted by Gasteiger charge is -2.32. The summed E-state index contributed by atoms with van der Waals surface area (Å²) in [5, 5.41) is 2.95. The van der Waals surface area contributed by atoms with E-state index < -0.39 is 0 Å². The van der Waals surface area contributed by atoms with Crippen LogP contribution in [0.3, 0.4) is 0 Å². The van der Waals surface area contributed by atoms with Crippen molar-refractivity contribution in [1.29, 1.82) is 0 Å². The molecule has 1 amide bonds. The first-order valence-corrected chi connectivity index (χ1v) is 6.61. The number of rotatable bonds is 3. The van der Waals surface area contributed by atoms with Gasteiger partial charge in [-0.25, -0.2) is 0 Å². The highest BCUT2D eigenvalue weighted by molar-refractivity contribution is 5.92. The Morgan fingerprint density at radius 3 is 2.78 bits per heavy atom. The fourth-order valence-electron chi connectivity index (χ4n) is 2.73. The van der Waals surface area contributed by atoms with Crippen LogP contribution >= 0.6 is 0 Å². The van der Waals surface area contributed by atoms with Crippen molar-refractivity contribution in [3.05, 3.63) is 24.5 Å². The second-order valence-electron chi connectivity index (χ2n) is 5.21. The van der Waals surface area contributed by atoms with Crippen LogP contribution in [0.4, 0.5) is 5.69 Å². The number of nitrogens with two attached hydrogens (primary N) is 1. The fraction of sp³-hybridized carbons (Fsp3) is 0.571. The molecule has 0 saturated heterocycles. The van der Waals surface area contributed by atoms with E-state index in [1.807, 2.05) is 12.1 Å². The van der Waals surface area contributed by atoms with Crippen LogP contribution in [0.2, 0.25) is 0 Å². The molecule has 0 aromatic carbocycles. The van der Waals surface area contributed by atoms with E-state index in [-0.39, 0.29) is 11.8 Å². The highest BCUT2D eigenvalue weighted by Gasteiger charge is 2.30. The normalized spacial score (nSPS) is 27.8. The first-order valence-electron chi connectivity index (χ1n) is 6.61. The summed E-state index contributed by atoms with van der Waals surface area (Å²) in [6.07, 6.45) is 6.32. The molecule has 1 aliphatic rings. The molecule has 4 nitrogen and oxygen atoms in total. The topological polar surface area (TPSA) is 68.0 Å². The summed E-state index contributed by atoms with van der Waals surface area (Å²) in [4.78, 5) is 16.1. The van der Waals surface area contributed by atoms with Crippen LogP contribution < -0.4 is 11.1 Å². The van der Waals surface area contributed by atoms with E-state index in [0.29, 0.717) is 11.8 Å². The van der Waals surface area contributed by atoms with Crippen LogP contribution in [0, 0.1) is 17.8 Å². The number of carbonyl (C=O) groups excluding carboxylic acids is 1. The standard InChI is InChI=1S/C14H21N3O/c1-10-8-11(2-3-12(10)9-15)14(18)17-13-4-6-16-7-5-13/h4-7,10-12H,2-3,8-9,15H2,1H3,(H,16,17,18). The summed E-state index contributed by atoms with van der Waals surface area (Å²) in [7, 11) is 0. The number of anilines is 1. The van der Waals surface area contributed by atoms with Gasteiger partial charge in [-0.2, -0.15) is 0 Å². The Bertz CT molecular complexity index is 393. The molecule has 18 heavy (non-hydrogen) atoms. The van der Waals surface area contributed by atoms with E-state index in [9.17, 15) is 4.79 Å². The Morgan fingerprint density at radius 2 is 2.17 bits per heavy atom. The van der Waals surface area contributed by atoms with Crippen molar-refractivity contribution in [1.82, 2.24) is 4.98 Å². The minimum atomic E-state index is 0.121. The number of hydrogen-bond donors (Lipinski definition) is 2. The Morgan fingerprint density at radius 1 is 1.44 bits per heavy atom. The monoisotopic (exact) mass is 247 g/mol. The van der Waals surface area contributed by atoms with E-state index >= 15 is 0 Å². The van der Waals surface area contributed by atoms with Gasteiger partial charge >= 0.3 is 0 Å². The van der Waals surface area contributed by atoms with Gasteiger partial charge in [-0.15, -0.1) is 0 Å². The molecule has 3 N–H and O–H groups in total. The van der Waals surface area contributed by atoms with Gasteiger partial charge in [-0.1, -0.05) is 6.92 Å². The maximum Gasteiger partial charge on any atom is 0.227 e. The van der Waals surface area contributed by atoms with Gasteiger partial charge in [0.1, 0.15) is 0 Å². The molecule has 0 aliphatic heterocycles. The zero-order chi connectivity index (χ0) is 13.0. The van der Waals surface area contributed by atoms with Gasteiger partial charge in [0.05, 0.1) is 0 Å². The molecule has 4 heteroatoms. The highest BCUT2D eigenvalue weighted by atomic mass is 16.1. The van der Waals surface area contributed by atoms with E-state index in [1.165, 1.54) is 0 Å². The molecule has 1 aliphatic carbocycles. The molecule has 1 fully saturated rings. The Kier molecular flexibility index (Phi) is 4.31. The van der Waals surface area contributed by atoms with Crippen LogP contribution in [0.15, 0.2) is 24.5 Å². The van der Waals surface area contributed by atoms with Gasteiger partial charge in [-0.05, 0) is 49.8 Å². The van der Waals surface area contributed by atoms with Crippen molar-refractivity contribution in [2.75, 3.05) is 11.9 Å². The average Bonchev–Trinajstić information content (AvgIpc) is 2.39. The molecular formula is C14H21N3O. The van der Waals surface area contributed by atoms with E-state index in [2.05, 4.69) is 17.2 Å². The van der Waals surface area contributed by atoms with E-state index in [0.717, 1.165) is 31.5 Å². The van der Waals surface area contributed by atoms with Crippen LogP contribution in [0.1, 0.15) is 26.2 Å². The molecule has 1 heterocycles. The van der Waals surface area contributed by atoms with Crippen LogP contribution in [-0.4, -0.2) is 17.4 Å². The van der Waals surface area contributed by atoms with Gasteiger partial charge in [0.2, 0.25) is 5.91 Å². The van der Waals surface area contributed by atoms with Gasteiger partial charge in [-0.3, -0.25) is 9.78 Å². The molecule has 0 radical (unpaired) electrons. The predicted molar refractivity (Wildman–Crippen MR) is 71.9 cm³/mol. The SMILES string of the molecule is CC1CC(C(=O)Nc2ccncc2)CCC1CN. The molecule has 3 unspecified atom stereocenters. The molecule has 1 saturated carbocycles. The zero-order valence-electron chi connectivity index (χ0n) is 10.8. The van der Waals surface area contributed by atoms with Crippen molar-refractivity contribution in [2.45, 2.75) is 26.2 Å². The molecule has 0 bridgehead atoms. The Balaban J connectivity index is 1.91. The number of amides is 1. The Labute approximate surface area is 108 Å².